The van der Waals surface area contributed by atoms with Crippen LogP contribution in [0.2, 0.25) is 0 Å². The third-order valence-corrected chi connectivity index (χ3v) is 27.0. The maximum atomic E-state index is 10.5. The van der Waals surface area contributed by atoms with E-state index in [2.05, 4.69) is 114 Å². The molecule has 5 unspecified atom stereocenters. The highest BCUT2D eigenvalue weighted by Gasteiger charge is 2.40. The van der Waals surface area contributed by atoms with Crippen LogP contribution < -0.4 is 33.2 Å². The molecule has 2 bridgehead atoms. The minimum absolute atomic E-state index is 0.249. The SMILES string of the molecule is CCC(CC)COc1cccc(O[C@H](C)CC)c1.CCC(CC)[C@@H](O)c1cccc(OCC2CCCCC2)c1.CCCC(C)c1cccc(OCC2CCCCC2)c1.CCCC(O)c1cccc(OCC2CC3CCC2C3)c1.CC[C@@H](C)[C@@H](O)c1cccc(OCC2CCCCC2)c1.CC[C@H](C)[C@@H](O)c1cccc(OCC2CCCCC2)c1. The summed E-state index contributed by atoms with van der Waals surface area (Å²) < 4.78 is 41.5. The molecule has 11 atom stereocenters. The fraction of sp³-hybridized carbons (Fsp3) is 0.664. The average Bonchev–Trinajstić information content (AvgIpc) is 1.67. The molecule has 6 fully saturated rings. The summed E-state index contributed by atoms with van der Waals surface area (Å²) in [7, 11) is 0. The molecular formula is C107H166O11. The first-order valence-corrected chi connectivity index (χ1v) is 48.1. The zero-order chi connectivity index (χ0) is 84.7. The minimum Gasteiger partial charge on any atom is -0.493 e. The lowest BCUT2D eigenvalue weighted by Crippen LogP contribution is -2.18. The van der Waals surface area contributed by atoms with E-state index in [0.29, 0.717) is 35.5 Å². The van der Waals surface area contributed by atoms with Gasteiger partial charge in [-0.3, -0.25) is 0 Å². The standard InChI is InChI=1S/C19H30O2.C18H26O2.2C18H28O2.C18H28O.C16H26O2/c1-3-16(4-2)19(20)17-11-8-12-18(13-17)21-14-15-9-6-5-7-10-15;1-2-4-18(19)15-5-3-6-17(11-15)20-12-16-10-13-7-8-14(16)9-13;2*1-3-14(2)18(19)16-10-7-11-17(12-16)20-13-15-8-5-4-6-9-15;1-3-8-15(2)17-11-7-12-18(13-17)19-14-16-9-5-4-6-10-16;1-5-13(4)18-16-10-8-9-15(11-16)17-12-14(6-2)7-3/h8,11-13,15-16,19-20H,3-7,9-10,14H2,1-2H3;3,5-6,11,13-14,16,18-19H,2,4,7-10,12H2,1H3;2*7,10-12,14-15,18-19H,3-6,8-9,13H2,1-2H3;7,11-13,15-16H,3-6,8-10,14H2,1-2H3;8-11,13-14H,5-7,12H2,1-4H3/t19-;;14-,18+;14-,18-;;13-/m1.01.1/s1. The molecule has 6 aliphatic rings. The van der Waals surface area contributed by atoms with E-state index in [0.717, 1.165) is 171 Å². The molecule has 6 aliphatic carbocycles. The third kappa shape index (κ3) is 36.4. The highest BCUT2D eigenvalue weighted by atomic mass is 16.5. The highest BCUT2D eigenvalue weighted by molar-refractivity contribution is 5.35. The summed E-state index contributed by atoms with van der Waals surface area (Å²) in [6.07, 6.45) is 43.0. The molecule has 118 heavy (non-hydrogen) atoms. The van der Waals surface area contributed by atoms with E-state index in [-0.39, 0.29) is 30.1 Å². The van der Waals surface area contributed by atoms with Crippen molar-refractivity contribution in [1.82, 2.24) is 0 Å². The Kier molecular flexibility index (Phi) is 47.9. The molecular weight excluding hydrogens is 1460 g/mol. The topological polar surface area (TPSA) is 146 Å². The highest BCUT2D eigenvalue weighted by Crippen LogP contribution is 2.48. The molecule has 660 valence electrons. The van der Waals surface area contributed by atoms with Gasteiger partial charge in [-0.2, -0.15) is 0 Å². The monoisotopic (exact) mass is 1630 g/mol. The Hall–Kier alpha value is -6.24. The number of aliphatic hydroxyl groups is 4. The van der Waals surface area contributed by atoms with Crippen LogP contribution in [-0.2, 0) is 0 Å². The second-order valence-electron chi connectivity index (χ2n) is 36.4. The Morgan fingerprint density at radius 3 is 1.04 bits per heavy atom. The second kappa shape index (κ2) is 57.2. The maximum absolute atomic E-state index is 10.5. The first-order valence-electron chi connectivity index (χ1n) is 48.1. The fourth-order valence-corrected chi connectivity index (χ4v) is 18.0. The van der Waals surface area contributed by atoms with Crippen LogP contribution in [0.15, 0.2) is 146 Å². The van der Waals surface area contributed by atoms with Gasteiger partial charge in [-0.05, 0) is 268 Å². The number of hydrogen-bond donors (Lipinski definition) is 4. The van der Waals surface area contributed by atoms with Crippen molar-refractivity contribution in [3.63, 3.8) is 0 Å². The Labute approximate surface area is 719 Å². The van der Waals surface area contributed by atoms with E-state index in [1.165, 1.54) is 185 Å². The van der Waals surface area contributed by atoms with Crippen molar-refractivity contribution in [2.75, 3.05) is 39.6 Å². The lowest BCUT2D eigenvalue weighted by atomic mass is 9.89. The zero-order valence-electron chi connectivity index (χ0n) is 76.3. The van der Waals surface area contributed by atoms with Crippen LogP contribution >= 0.6 is 0 Å². The van der Waals surface area contributed by atoms with Gasteiger partial charge in [0.05, 0.1) is 70.2 Å². The quantitative estimate of drug-likeness (QED) is 0.0293. The van der Waals surface area contributed by atoms with Gasteiger partial charge in [-0.15, -0.1) is 0 Å². The molecule has 0 heterocycles. The van der Waals surface area contributed by atoms with Gasteiger partial charge < -0.3 is 53.6 Å². The maximum Gasteiger partial charge on any atom is 0.123 e. The van der Waals surface area contributed by atoms with Crippen LogP contribution in [0, 0.1) is 65.1 Å². The second-order valence-corrected chi connectivity index (χ2v) is 36.4. The van der Waals surface area contributed by atoms with Gasteiger partial charge in [0.25, 0.3) is 0 Å². The normalized spacial score (nSPS) is 19.7. The van der Waals surface area contributed by atoms with Gasteiger partial charge in [0.15, 0.2) is 0 Å². The van der Waals surface area contributed by atoms with Crippen LogP contribution in [-0.4, -0.2) is 66.2 Å². The molecule has 0 amide bonds. The molecule has 6 aromatic carbocycles. The number of ether oxygens (including phenoxy) is 7. The lowest BCUT2D eigenvalue weighted by Gasteiger charge is -2.23. The predicted octanol–water partition coefficient (Wildman–Crippen LogP) is 29.1. The molecule has 0 spiro atoms. The summed E-state index contributed by atoms with van der Waals surface area (Å²) in [6, 6.07) is 48.6. The fourth-order valence-electron chi connectivity index (χ4n) is 18.0. The third-order valence-electron chi connectivity index (χ3n) is 27.0. The number of benzene rings is 6. The molecule has 0 saturated heterocycles. The number of rotatable bonds is 39. The van der Waals surface area contributed by atoms with E-state index in [1.807, 2.05) is 121 Å². The summed E-state index contributed by atoms with van der Waals surface area (Å²) in [4.78, 5) is 0. The first-order chi connectivity index (χ1) is 57.4. The van der Waals surface area contributed by atoms with Gasteiger partial charge in [0.2, 0.25) is 0 Å². The zero-order valence-corrected chi connectivity index (χ0v) is 76.3. The Balaban J connectivity index is 0.000000196. The van der Waals surface area contributed by atoms with Gasteiger partial charge in [-0.1, -0.05) is 285 Å². The van der Waals surface area contributed by atoms with Gasteiger partial charge in [0, 0.05) is 6.07 Å². The molecule has 12 rings (SSSR count). The minimum atomic E-state index is -0.391. The Morgan fingerprint density at radius 2 is 0.678 bits per heavy atom. The molecule has 6 saturated carbocycles. The Morgan fingerprint density at radius 1 is 0.322 bits per heavy atom. The molecule has 0 aromatic heterocycles. The van der Waals surface area contributed by atoms with Crippen LogP contribution in [0.1, 0.15) is 373 Å². The largest absolute Gasteiger partial charge is 0.493 e. The van der Waals surface area contributed by atoms with E-state index >= 15 is 0 Å². The molecule has 4 N–H and O–H groups in total. The number of aliphatic hydroxyl groups excluding tert-OH is 4. The van der Waals surface area contributed by atoms with Crippen molar-refractivity contribution >= 4 is 0 Å². The molecule has 0 aliphatic heterocycles. The van der Waals surface area contributed by atoms with Crippen LogP contribution in [0.25, 0.3) is 0 Å². The lowest BCUT2D eigenvalue weighted by molar-refractivity contribution is 0.103. The molecule has 6 aromatic rings. The van der Waals surface area contributed by atoms with Crippen molar-refractivity contribution < 1.29 is 53.6 Å². The Bertz CT molecular complexity index is 3450. The van der Waals surface area contributed by atoms with E-state index in [1.54, 1.807) is 0 Å². The number of hydrogen-bond acceptors (Lipinski definition) is 11. The van der Waals surface area contributed by atoms with Crippen molar-refractivity contribution in [1.29, 1.82) is 0 Å². The first kappa shape index (κ1) is 98.9. The summed E-state index contributed by atoms with van der Waals surface area (Å²) in [5.74, 6) is 14.2. The van der Waals surface area contributed by atoms with Crippen LogP contribution in [0.3, 0.4) is 0 Å². The van der Waals surface area contributed by atoms with Gasteiger partial charge in [0.1, 0.15) is 40.2 Å². The molecule has 11 nitrogen and oxygen atoms in total. The summed E-state index contributed by atoms with van der Waals surface area (Å²) in [5.41, 5.74) is 5.34. The van der Waals surface area contributed by atoms with Crippen LogP contribution in [0.5, 0.6) is 40.2 Å². The van der Waals surface area contributed by atoms with Crippen LogP contribution in [0.4, 0.5) is 0 Å². The molecule has 0 radical (unpaired) electrons. The van der Waals surface area contributed by atoms with Gasteiger partial charge in [-0.25, -0.2) is 0 Å². The van der Waals surface area contributed by atoms with E-state index in [4.69, 9.17) is 33.2 Å². The predicted molar refractivity (Wildman–Crippen MR) is 492 cm³/mol. The van der Waals surface area contributed by atoms with Gasteiger partial charge >= 0.3 is 0 Å². The molecule has 11 heteroatoms. The average molecular weight is 1630 g/mol. The van der Waals surface area contributed by atoms with Crippen molar-refractivity contribution in [3.05, 3.63) is 173 Å². The van der Waals surface area contributed by atoms with Crippen molar-refractivity contribution in [2.45, 2.75) is 351 Å². The summed E-state index contributed by atoms with van der Waals surface area (Å²) in [5, 5.41) is 41.1. The summed E-state index contributed by atoms with van der Waals surface area (Å²) >= 11 is 0. The van der Waals surface area contributed by atoms with Crippen molar-refractivity contribution in [3.8, 4) is 40.2 Å². The smallest absolute Gasteiger partial charge is 0.123 e. The van der Waals surface area contributed by atoms with Crippen molar-refractivity contribution in [2.24, 2.45) is 65.1 Å². The van der Waals surface area contributed by atoms with E-state index in [9.17, 15) is 20.4 Å². The number of fused-ring (bicyclic) bond motifs is 2. The van der Waals surface area contributed by atoms with E-state index < -0.39 is 12.2 Å². The summed E-state index contributed by atoms with van der Waals surface area (Å²) in [6.45, 7) is 33.0.